The normalized spacial score (nSPS) is 10.2. The van der Waals surface area contributed by atoms with Crippen molar-refractivity contribution in [2.75, 3.05) is 12.8 Å². The van der Waals surface area contributed by atoms with E-state index in [1.54, 1.807) is 7.11 Å². The molecule has 88 valence electrons. The minimum Gasteiger partial charge on any atom is -0.496 e. The minimum atomic E-state index is 0.802. The first kappa shape index (κ1) is 11.5. The maximum absolute atomic E-state index is 6.02. The second-order valence-electron chi connectivity index (χ2n) is 4.19. The molecule has 2 heteroatoms. The average Bonchev–Trinajstić information content (AvgIpc) is 2.33. The molecular weight excluding hydrogens is 210 g/mol. The van der Waals surface area contributed by atoms with E-state index in [1.165, 1.54) is 5.56 Å². The van der Waals surface area contributed by atoms with Crippen molar-refractivity contribution in [3.8, 4) is 5.75 Å². The van der Waals surface area contributed by atoms with Crippen LogP contribution in [0.2, 0.25) is 0 Å². The van der Waals surface area contributed by atoms with E-state index < -0.39 is 0 Å². The third-order valence-corrected chi connectivity index (χ3v) is 2.87. The number of benzene rings is 2. The van der Waals surface area contributed by atoms with Gasteiger partial charge in [0.1, 0.15) is 5.75 Å². The molecule has 2 aromatic rings. The quantitative estimate of drug-likeness (QED) is 0.817. The molecule has 0 amide bonds. The fraction of sp³-hybridized carbons (Fsp3) is 0.200. The van der Waals surface area contributed by atoms with Gasteiger partial charge in [0.15, 0.2) is 0 Å². The van der Waals surface area contributed by atoms with Gasteiger partial charge in [0.2, 0.25) is 0 Å². The Hall–Kier alpha value is -1.96. The van der Waals surface area contributed by atoms with E-state index in [4.69, 9.17) is 10.5 Å². The van der Waals surface area contributed by atoms with Gasteiger partial charge >= 0.3 is 0 Å². The van der Waals surface area contributed by atoms with Crippen LogP contribution in [-0.2, 0) is 6.42 Å². The van der Waals surface area contributed by atoms with Crippen LogP contribution in [0, 0.1) is 6.92 Å². The summed E-state index contributed by atoms with van der Waals surface area (Å²) in [5.74, 6) is 0.910. The van der Waals surface area contributed by atoms with Crippen molar-refractivity contribution in [1.29, 1.82) is 0 Å². The van der Waals surface area contributed by atoms with Gasteiger partial charge in [0, 0.05) is 12.1 Å². The number of nitrogens with two attached hydrogens (primary N) is 1. The lowest BCUT2D eigenvalue weighted by atomic mass is 10.0. The number of para-hydroxylation sites is 1. The topological polar surface area (TPSA) is 35.2 Å². The SMILES string of the molecule is COc1ccccc1Cc1ccc(C)cc1N. The Kier molecular flexibility index (Phi) is 3.33. The van der Waals surface area contributed by atoms with Gasteiger partial charge in [-0.1, -0.05) is 30.3 Å². The van der Waals surface area contributed by atoms with Gasteiger partial charge in [-0.2, -0.15) is 0 Å². The van der Waals surface area contributed by atoms with Gasteiger partial charge in [-0.25, -0.2) is 0 Å². The Morgan fingerprint density at radius 2 is 1.82 bits per heavy atom. The van der Waals surface area contributed by atoms with Crippen LogP contribution in [-0.4, -0.2) is 7.11 Å². The molecule has 0 spiro atoms. The summed E-state index contributed by atoms with van der Waals surface area (Å²) < 4.78 is 5.34. The first-order chi connectivity index (χ1) is 8.20. The lowest BCUT2D eigenvalue weighted by Crippen LogP contribution is -1.98. The fourth-order valence-electron chi connectivity index (χ4n) is 1.93. The van der Waals surface area contributed by atoms with Gasteiger partial charge < -0.3 is 10.5 Å². The molecule has 0 radical (unpaired) electrons. The molecule has 2 N–H and O–H groups in total. The van der Waals surface area contributed by atoms with Crippen molar-refractivity contribution in [1.82, 2.24) is 0 Å². The predicted octanol–water partition coefficient (Wildman–Crippen LogP) is 3.18. The zero-order chi connectivity index (χ0) is 12.3. The molecule has 2 nitrogen and oxygen atoms in total. The van der Waals surface area contributed by atoms with Crippen LogP contribution in [0.15, 0.2) is 42.5 Å². The fourth-order valence-corrected chi connectivity index (χ4v) is 1.93. The smallest absolute Gasteiger partial charge is 0.122 e. The lowest BCUT2D eigenvalue weighted by molar-refractivity contribution is 0.410. The number of methoxy groups -OCH3 is 1. The molecule has 2 aromatic carbocycles. The monoisotopic (exact) mass is 227 g/mol. The van der Waals surface area contributed by atoms with Crippen LogP contribution in [0.5, 0.6) is 5.75 Å². The molecule has 0 aliphatic rings. The Morgan fingerprint density at radius 3 is 2.53 bits per heavy atom. The molecule has 0 aliphatic heterocycles. The largest absolute Gasteiger partial charge is 0.496 e. The standard InChI is InChI=1S/C15H17NO/c1-11-7-8-12(14(16)9-11)10-13-5-3-4-6-15(13)17-2/h3-9H,10,16H2,1-2H3. The van der Waals surface area contributed by atoms with Crippen molar-refractivity contribution in [3.05, 3.63) is 59.2 Å². The maximum Gasteiger partial charge on any atom is 0.122 e. The average molecular weight is 227 g/mol. The number of anilines is 1. The molecule has 0 saturated heterocycles. The van der Waals surface area contributed by atoms with Crippen LogP contribution in [0.1, 0.15) is 16.7 Å². The highest BCUT2D eigenvalue weighted by atomic mass is 16.5. The van der Waals surface area contributed by atoms with E-state index in [-0.39, 0.29) is 0 Å². The lowest BCUT2D eigenvalue weighted by Gasteiger charge is -2.10. The summed E-state index contributed by atoms with van der Waals surface area (Å²) >= 11 is 0. The molecule has 0 saturated carbocycles. The van der Waals surface area contributed by atoms with Crippen molar-refractivity contribution in [2.24, 2.45) is 0 Å². The van der Waals surface area contributed by atoms with Gasteiger partial charge in [-0.15, -0.1) is 0 Å². The zero-order valence-corrected chi connectivity index (χ0v) is 10.2. The summed E-state index contributed by atoms with van der Waals surface area (Å²) in [6, 6.07) is 14.2. The van der Waals surface area contributed by atoms with Crippen molar-refractivity contribution in [2.45, 2.75) is 13.3 Å². The number of hydrogen-bond acceptors (Lipinski definition) is 2. The molecular formula is C15H17NO. The number of nitrogen functional groups attached to an aromatic ring is 1. The van der Waals surface area contributed by atoms with E-state index in [0.717, 1.165) is 29.0 Å². The minimum absolute atomic E-state index is 0.802. The summed E-state index contributed by atoms with van der Waals surface area (Å²) in [6.45, 7) is 2.04. The second-order valence-corrected chi connectivity index (χ2v) is 4.19. The highest BCUT2D eigenvalue weighted by Crippen LogP contribution is 2.24. The van der Waals surface area contributed by atoms with E-state index in [2.05, 4.69) is 18.2 Å². The summed E-state index contributed by atoms with van der Waals surface area (Å²) in [6.07, 6.45) is 0.802. The zero-order valence-electron chi connectivity index (χ0n) is 10.2. The number of aryl methyl sites for hydroxylation is 1. The summed E-state index contributed by atoms with van der Waals surface area (Å²) in [7, 11) is 1.69. The van der Waals surface area contributed by atoms with Crippen molar-refractivity contribution in [3.63, 3.8) is 0 Å². The van der Waals surface area contributed by atoms with Gasteiger partial charge in [0.25, 0.3) is 0 Å². The first-order valence-corrected chi connectivity index (χ1v) is 5.67. The number of hydrogen-bond donors (Lipinski definition) is 1. The third-order valence-electron chi connectivity index (χ3n) is 2.87. The van der Waals surface area contributed by atoms with E-state index >= 15 is 0 Å². The molecule has 0 heterocycles. The number of rotatable bonds is 3. The summed E-state index contributed by atoms with van der Waals surface area (Å²) in [5.41, 5.74) is 10.3. The summed E-state index contributed by atoms with van der Waals surface area (Å²) in [4.78, 5) is 0. The third kappa shape index (κ3) is 2.59. The van der Waals surface area contributed by atoms with Gasteiger partial charge in [-0.05, 0) is 35.7 Å². The van der Waals surface area contributed by atoms with Gasteiger partial charge in [-0.3, -0.25) is 0 Å². The molecule has 0 bridgehead atoms. The maximum atomic E-state index is 6.02. The Bertz CT molecular complexity index is 520. The highest BCUT2D eigenvalue weighted by Gasteiger charge is 2.05. The molecule has 0 atom stereocenters. The predicted molar refractivity (Wildman–Crippen MR) is 71.4 cm³/mol. The Morgan fingerprint density at radius 1 is 1.06 bits per heavy atom. The molecule has 0 fully saturated rings. The highest BCUT2D eigenvalue weighted by molar-refractivity contribution is 5.52. The van der Waals surface area contributed by atoms with Crippen LogP contribution in [0.4, 0.5) is 5.69 Å². The van der Waals surface area contributed by atoms with E-state index in [9.17, 15) is 0 Å². The second kappa shape index (κ2) is 4.91. The first-order valence-electron chi connectivity index (χ1n) is 5.67. The Labute approximate surface area is 102 Å². The van der Waals surface area contributed by atoms with Crippen LogP contribution in [0.3, 0.4) is 0 Å². The van der Waals surface area contributed by atoms with Crippen LogP contribution >= 0.6 is 0 Å². The van der Waals surface area contributed by atoms with Crippen LogP contribution in [0.25, 0.3) is 0 Å². The van der Waals surface area contributed by atoms with Crippen LogP contribution < -0.4 is 10.5 Å². The molecule has 0 unspecified atom stereocenters. The van der Waals surface area contributed by atoms with Crippen molar-refractivity contribution >= 4 is 5.69 Å². The summed E-state index contributed by atoms with van der Waals surface area (Å²) in [5, 5.41) is 0. The number of ether oxygens (including phenoxy) is 1. The molecule has 17 heavy (non-hydrogen) atoms. The van der Waals surface area contributed by atoms with E-state index in [0.29, 0.717) is 0 Å². The molecule has 0 aromatic heterocycles. The van der Waals surface area contributed by atoms with Gasteiger partial charge in [0.05, 0.1) is 7.11 Å². The Balaban J connectivity index is 2.31. The molecule has 2 rings (SSSR count). The van der Waals surface area contributed by atoms with Crippen molar-refractivity contribution < 1.29 is 4.74 Å². The molecule has 0 aliphatic carbocycles. The van der Waals surface area contributed by atoms with E-state index in [1.807, 2.05) is 31.2 Å².